The molecule has 5 nitrogen and oxygen atoms in total. The zero-order valence-electron chi connectivity index (χ0n) is 15.9. The molecular weight excluding hydrogens is 343 g/mol. The van der Waals surface area contributed by atoms with Gasteiger partial charge in [0.15, 0.2) is 0 Å². The first-order chi connectivity index (χ1) is 13.0. The van der Waals surface area contributed by atoms with Crippen LogP contribution < -0.4 is 15.5 Å². The Morgan fingerprint density at radius 3 is 2.74 bits per heavy atom. The summed E-state index contributed by atoms with van der Waals surface area (Å²) in [6.07, 6.45) is 2.71. The molecule has 1 saturated heterocycles. The van der Waals surface area contributed by atoms with E-state index in [9.17, 15) is 9.18 Å². The van der Waals surface area contributed by atoms with E-state index in [0.717, 1.165) is 30.0 Å². The molecule has 2 aliphatic rings. The van der Waals surface area contributed by atoms with Crippen LogP contribution in [0.5, 0.6) is 0 Å². The minimum absolute atomic E-state index is 0.0144. The Morgan fingerprint density at radius 2 is 2.15 bits per heavy atom. The predicted molar refractivity (Wildman–Crippen MR) is 104 cm³/mol. The molecule has 1 fully saturated rings. The Kier molecular flexibility index (Phi) is 4.60. The smallest absolute Gasteiger partial charge is 0.224 e. The third kappa shape index (κ3) is 3.30. The molecule has 2 unspecified atom stereocenters. The van der Waals surface area contributed by atoms with Crippen molar-refractivity contribution in [2.45, 2.75) is 45.3 Å². The molecule has 1 aromatic heterocycles. The second kappa shape index (κ2) is 6.93. The maximum atomic E-state index is 14.0. The van der Waals surface area contributed by atoms with Gasteiger partial charge in [0.05, 0.1) is 6.04 Å². The predicted octanol–water partition coefficient (Wildman–Crippen LogP) is 3.80. The highest BCUT2D eigenvalue weighted by Gasteiger charge is 2.40. The largest absolute Gasteiger partial charge is 0.363 e. The van der Waals surface area contributed by atoms with E-state index in [2.05, 4.69) is 35.5 Å². The van der Waals surface area contributed by atoms with Crippen molar-refractivity contribution in [1.82, 2.24) is 10.3 Å². The Hall–Kier alpha value is -2.47. The first kappa shape index (κ1) is 17.9. The Balaban J connectivity index is 1.70. The number of carbonyl (C=O) groups is 1. The van der Waals surface area contributed by atoms with Gasteiger partial charge in [-0.05, 0) is 36.2 Å². The Bertz CT molecular complexity index is 850. The van der Waals surface area contributed by atoms with Gasteiger partial charge in [0.1, 0.15) is 11.6 Å². The van der Waals surface area contributed by atoms with E-state index in [1.807, 2.05) is 17.2 Å². The monoisotopic (exact) mass is 368 g/mol. The number of nitrogens with one attached hydrogen (secondary N) is 2. The Labute approximate surface area is 159 Å². The molecule has 2 aliphatic heterocycles. The third-order valence-electron chi connectivity index (χ3n) is 5.71. The molecule has 0 bridgehead atoms. The molecule has 27 heavy (non-hydrogen) atoms. The number of benzene rings is 1. The van der Waals surface area contributed by atoms with Crippen LogP contribution in [-0.2, 0) is 4.79 Å². The molecule has 3 heterocycles. The van der Waals surface area contributed by atoms with Crippen LogP contribution in [0.15, 0.2) is 36.5 Å². The minimum atomic E-state index is -0.297. The number of nitrogens with zero attached hydrogens (tertiary/aromatic N) is 2. The van der Waals surface area contributed by atoms with Crippen LogP contribution in [0.4, 0.5) is 15.9 Å². The first-order valence-corrected chi connectivity index (χ1v) is 9.54. The zero-order chi connectivity index (χ0) is 19.1. The van der Waals surface area contributed by atoms with Gasteiger partial charge in [-0.15, -0.1) is 0 Å². The zero-order valence-corrected chi connectivity index (χ0v) is 15.9. The van der Waals surface area contributed by atoms with Gasteiger partial charge < -0.3 is 15.5 Å². The minimum Gasteiger partial charge on any atom is -0.363 e. The highest BCUT2D eigenvalue weighted by Crippen LogP contribution is 2.43. The lowest BCUT2D eigenvalue weighted by molar-refractivity contribution is -0.117. The lowest BCUT2D eigenvalue weighted by atomic mass is 9.81. The van der Waals surface area contributed by atoms with Crippen LogP contribution in [0, 0.1) is 11.7 Å². The molecule has 1 aromatic carbocycles. The summed E-state index contributed by atoms with van der Waals surface area (Å²) in [5.74, 6) is 0.561. The van der Waals surface area contributed by atoms with Crippen molar-refractivity contribution in [2.75, 3.05) is 16.8 Å². The van der Waals surface area contributed by atoms with Crippen molar-refractivity contribution in [3.63, 3.8) is 0 Å². The number of amides is 1. The summed E-state index contributed by atoms with van der Waals surface area (Å²) in [5.41, 5.74) is 2.76. The SMILES string of the molecule is CC[C@H]1[C@H](C)C(Nc2ccc(C3CN3)cn2)c2cc(F)ccc2N1C(C)=O. The van der Waals surface area contributed by atoms with E-state index in [1.165, 1.54) is 17.7 Å². The van der Waals surface area contributed by atoms with Crippen molar-refractivity contribution in [3.05, 3.63) is 53.5 Å². The highest BCUT2D eigenvalue weighted by molar-refractivity contribution is 5.94. The van der Waals surface area contributed by atoms with Gasteiger partial charge in [-0.3, -0.25) is 4.79 Å². The van der Waals surface area contributed by atoms with Crippen LogP contribution >= 0.6 is 0 Å². The molecule has 0 spiro atoms. The maximum Gasteiger partial charge on any atom is 0.224 e. The van der Waals surface area contributed by atoms with E-state index in [-0.39, 0.29) is 29.7 Å². The standard InChI is InChI=1S/C21H25FN4O/c1-4-18-12(2)21(25-20-8-5-14(10-24-20)17-11-23-17)16-9-15(22)6-7-19(16)26(18)13(3)27/h5-10,12,17-18,21,23H,4,11H2,1-3H3,(H,24,25)/t12-,17?,18-,21?/m0/s1. The van der Waals surface area contributed by atoms with E-state index < -0.39 is 0 Å². The number of anilines is 2. The number of hydrogen-bond donors (Lipinski definition) is 2. The molecule has 4 atom stereocenters. The molecule has 0 radical (unpaired) electrons. The number of aromatic nitrogens is 1. The van der Waals surface area contributed by atoms with Crippen LogP contribution in [0.1, 0.15) is 50.4 Å². The van der Waals surface area contributed by atoms with Crippen molar-refractivity contribution in [1.29, 1.82) is 0 Å². The molecule has 142 valence electrons. The summed E-state index contributed by atoms with van der Waals surface area (Å²) in [4.78, 5) is 18.7. The van der Waals surface area contributed by atoms with E-state index in [1.54, 1.807) is 13.0 Å². The van der Waals surface area contributed by atoms with Gasteiger partial charge in [0, 0.05) is 48.9 Å². The van der Waals surface area contributed by atoms with Crippen LogP contribution in [-0.4, -0.2) is 23.5 Å². The van der Waals surface area contributed by atoms with Gasteiger partial charge in [-0.25, -0.2) is 9.37 Å². The number of hydrogen-bond acceptors (Lipinski definition) is 4. The first-order valence-electron chi connectivity index (χ1n) is 9.54. The summed E-state index contributed by atoms with van der Waals surface area (Å²) >= 11 is 0. The van der Waals surface area contributed by atoms with Crippen LogP contribution in [0.2, 0.25) is 0 Å². The van der Waals surface area contributed by atoms with Gasteiger partial charge in [-0.1, -0.05) is 19.9 Å². The van der Waals surface area contributed by atoms with E-state index in [0.29, 0.717) is 6.04 Å². The van der Waals surface area contributed by atoms with Crippen molar-refractivity contribution in [3.8, 4) is 0 Å². The fourth-order valence-electron chi connectivity index (χ4n) is 4.23. The Morgan fingerprint density at radius 1 is 1.37 bits per heavy atom. The van der Waals surface area contributed by atoms with Gasteiger partial charge in [0.2, 0.25) is 5.91 Å². The molecule has 2 aromatic rings. The van der Waals surface area contributed by atoms with E-state index >= 15 is 0 Å². The lowest BCUT2D eigenvalue weighted by Crippen LogP contribution is -2.49. The topological polar surface area (TPSA) is 67.2 Å². The fourth-order valence-corrected chi connectivity index (χ4v) is 4.23. The summed E-state index contributed by atoms with van der Waals surface area (Å²) in [6.45, 7) is 6.76. The quantitative estimate of drug-likeness (QED) is 0.806. The average molecular weight is 368 g/mol. The molecule has 4 rings (SSSR count). The summed E-state index contributed by atoms with van der Waals surface area (Å²) in [5, 5.41) is 6.76. The number of fused-ring (bicyclic) bond motifs is 1. The number of carbonyl (C=O) groups excluding carboxylic acids is 1. The number of halogens is 1. The van der Waals surface area contributed by atoms with Gasteiger partial charge in [-0.2, -0.15) is 0 Å². The van der Waals surface area contributed by atoms with Crippen LogP contribution in [0.3, 0.4) is 0 Å². The summed E-state index contributed by atoms with van der Waals surface area (Å²) in [7, 11) is 0. The van der Waals surface area contributed by atoms with Crippen LogP contribution in [0.25, 0.3) is 0 Å². The second-order valence-corrected chi connectivity index (χ2v) is 7.49. The van der Waals surface area contributed by atoms with E-state index in [4.69, 9.17) is 0 Å². The van der Waals surface area contributed by atoms with Crippen molar-refractivity contribution in [2.24, 2.45) is 5.92 Å². The molecule has 1 amide bonds. The lowest BCUT2D eigenvalue weighted by Gasteiger charge is -2.45. The summed E-state index contributed by atoms with van der Waals surface area (Å²) < 4.78 is 14.0. The molecule has 6 heteroatoms. The number of pyridine rings is 1. The molecule has 0 saturated carbocycles. The fraction of sp³-hybridized carbons (Fsp3) is 0.429. The second-order valence-electron chi connectivity index (χ2n) is 7.49. The molecule has 2 N–H and O–H groups in total. The molecular formula is C21H25FN4O. The third-order valence-corrected chi connectivity index (χ3v) is 5.71. The average Bonchev–Trinajstić information content (AvgIpc) is 3.49. The maximum absolute atomic E-state index is 14.0. The highest BCUT2D eigenvalue weighted by atomic mass is 19.1. The van der Waals surface area contributed by atoms with Crippen molar-refractivity contribution < 1.29 is 9.18 Å². The van der Waals surface area contributed by atoms with Gasteiger partial charge >= 0.3 is 0 Å². The summed E-state index contributed by atoms with van der Waals surface area (Å²) in [6, 6.07) is 9.06. The number of rotatable bonds is 4. The van der Waals surface area contributed by atoms with Crippen molar-refractivity contribution >= 4 is 17.4 Å². The van der Waals surface area contributed by atoms with Gasteiger partial charge in [0.25, 0.3) is 0 Å². The normalized spacial score (nSPS) is 26.4. The molecule has 0 aliphatic carbocycles.